The predicted octanol–water partition coefficient (Wildman–Crippen LogP) is 5.07. The van der Waals surface area contributed by atoms with Crippen LogP contribution in [0.4, 0.5) is 0 Å². The molecule has 0 aliphatic heterocycles. The van der Waals surface area contributed by atoms with Gasteiger partial charge in [0.15, 0.2) is 0 Å². The maximum Gasteiger partial charge on any atom is 0.0357 e. The minimum absolute atomic E-state index is 0.382. The first-order valence-electron chi connectivity index (χ1n) is 6.60. The van der Waals surface area contributed by atoms with Crippen LogP contribution in [0, 0.1) is 13.8 Å². The molecule has 1 rings (SSSR count). The van der Waals surface area contributed by atoms with Gasteiger partial charge in [0.25, 0.3) is 0 Å². The lowest BCUT2D eigenvalue weighted by Crippen LogP contribution is -2.22. The van der Waals surface area contributed by atoms with Gasteiger partial charge in [0, 0.05) is 10.5 Å². The molecule has 1 unspecified atom stereocenters. The van der Waals surface area contributed by atoms with Crippen molar-refractivity contribution in [1.29, 1.82) is 0 Å². The first-order chi connectivity index (χ1) is 8.45. The van der Waals surface area contributed by atoms with Gasteiger partial charge in [-0.2, -0.15) is 0 Å². The standard InChI is InChI=1S/C16H24BrN/c1-6-7-18-15(8-11(2)3)14-9-12(4)16(17)13(5)10-14/h9-10,15,18H,2,6-8H2,1,3-5H3. The van der Waals surface area contributed by atoms with Crippen molar-refractivity contribution >= 4 is 15.9 Å². The highest BCUT2D eigenvalue weighted by molar-refractivity contribution is 9.10. The molecule has 0 radical (unpaired) electrons. The molecular weight excluding hydrogens is 286 g/mol. The molecule has 1 aromatic carbocycles. The fraction of sp³-hybridized carbons (Fsp3) is 0.500. The van der Waals surface area contributed by atoms with Crippen molar-refractivity contribution in [2.75, 3.05) is 6.54 Å². The lowest BCUT2D eigenvalue weighted by Gasteiger charge is -2.21. The van der Waals surface area contributed by atoms with Crippen molar-refractivity contribution in [3.05, 3.63) is 45.4 Å². The second kappa shape index (κ2) is 7.10. The summed E-state index contributed by atoms with van der Waals surface area (Å²) in [6.07, 6.45) is 2.15. The van der Waals surface area contributed by atoms with Crippen LogP contribution < -0.4 is 5.32 Å². The number of benzene rings is 1. The highest BCUT2D eigenvalue weighted by atomic mass is 79.9. The summed E-state index contributed by atoms with van der Waals surface area (Å²) in [4.78, 5) is 0. The molecule has 18 heavy (non-hydrogen) atoms. The van der Waals surface area contributed by atoms with Crippen LogP contribution in [0.3, 0.4) is 0 Å². The van der Waals surface area contributed by atoms with Gasteiger partial charge in [-0.15, -0.1) is 6.58 Å². The van der Waals surface area contributed by atoms with Crippen LogP contribution in [-0.2, 0) is 0 Å². The van der Waals surface area contributed by atoms with Crippen molar-refractivity contribution in [2.45, 2.75) is 46.6 Å². The third-order valence-electron chi connectivity index (χ3n) is 3.05. The van der Waals surface area contributed by atoms with E-state index in [4.69, 9.17) is 0 Å². The summed E-state index contributed by atoms with van der Waals surface area (Å²) in [6.45, 7) is 13.7. The molecule has 1 aromatic rings. The van der Waals surface area contributed by atoms with Gasteiger partial charge in [-0.25, -0.2) is 0 Å². The van der Waals surface area contributed by atoms with Gasteiger partial charge >= 0.3 is 0 Å². The number of rotatable bonds is 6. The van der Waals surface area contributed by atoms with Gasteiger partial charge < -0.3 is 5.32 Å². The zero-order valence-electron chi connectivity index (χ0n) is 11.9. The van der Waals surface area contributed by atoms with E-state index in [0.717, 1.165) is 19.4 Å². The summed E-state index contributed by atoms with van der Waals surface area (Å²) < 4.78 is 1.22. The fourth-order valence-electron chi connectivity index (χ4n) is 2.16. The average Bonchev–Trinajstić information content (AvgIpc) is 2.30. The van der Waals surface area contributed by atoms with Crippen molar-refractivity contribution in [3.8, 4) is 0 Å². The molecule has 0 aromatic heterocycles. The number of aryl methyl sites for hydroxylation is 2. The van der Waals surface area contributed by atoms with E-state index < -0.39 is 0 Å². The van der Waals surface area contributed by atoms with E-state index in [1.54, 1.807) is 0 Å². The quantitative estimate of drug-likeness (QED) is 0.723. The average molecular weight is 310 g/mol. The fourth-order valence-corrected chi connectivity index (χ4v) is 2.38. The molecule has 0 fully saturated rings. The van der Waals surface area contributed by atoms with Crippen LogP contribution >= 0.6 is 15.9 Å². The Hall–Kier alpha value is -0.600. The Kier molecular flexibility index (Phi) is 6.10. The molecule has 1 atom stereocenters. The zero-order chi connectivity index (χ0) is 13.7. The van der Waals surface area contributed by atoms with E-state index in [9.17, 15) is 0 Å². The van der Waals surface area contributed by atoms with Crippen molar-refractivity contribution in [1.82, 2.24) is 5.32 Å². The number of hydrogen-bond donors (Lipinski definition) is 1. The first kappa shape index (κ1) is 15.5. The summed E-state index contributed by atoms with van der Waals surface area (Å²) >= 11 is 3.63. The summed E-state index contributed by atoms with van der Waals surface area (Å²) in [5, 5.41) is 3.61. The van der Waals surface area contributed by atoms with E-state index >= 15 is 0 Å². The van der Waals surface area contributed by atoms with E-state index in [2.05, 4.69) is 67.7 Å². The van der Waals surface area contributed by atoms with Crippen LogP contribution in [0.1, 0.15) is 49.4 Å². The Bertz CT molecular complexity index is 400. The summed E-state index contributed by atoms with van der Waals surface area (Å²) in [6, 6.07) is 4.92. The largest absolute Gasteiger partial charge is 0.310 e. The molecule has 0 saturated carbocycles. The maximum absolute atomic E-state index is 4.04. The number of nitrogens with one attached hydrogen (secondary N) is 1. The maximum atomic E-state index is 4.04. The second-order valence-corrected chi connectivity index (χ2v) is 5.93. The Morgan fingerprint density at radius 3 is 2.33 bits per heavy atom. The number of halogens is 1. The van der Waals surface area contributed by atoms with Crippen LogP contribution in [-0.4, -0.2) is 6.54 Å². The molecule has 100 valence electrons. The van der Waals surface area contributed by atoms with Gasteiger partial charge in [0.2, 0.25) is 0 Å². The molecule has 0 aliphatic rings. The summed E-state index contributed by atoms with van der Waals surface area (Å²) in [5.74, 6) is 0. The Labute approximate surface area is 120 Å². The van der Waals surface area contributed by atoms with E-state index in [-0.39, 0.29) is 0 Å². The molecule has 0 saturated heterocycles. The highest BCUT2D eigenvalue weighted by Gasteiger charge is 2.13. The first-order valence-corrected chi connectivity index (χ1v) is 7.39. The van der Waals surface area contributed by atoms with Gasteiger partial charge in [-0.1, -0.05) is 40.6 Å². The Morgan fingerprint density at radius 2 is 1.89 bits per heavy atom. The van der Waals surface area contributed by atoms with Crippen LogP contribution in [0.15, 0.2) is 28.8 Å². The van der Waals surface area contributed by atoms with Gasteiger partial charge in [-0.05, 0) is 56.8 Å². The zero-order valence-corrected chi connectivity index (χ0v) is 13.5. The van der Waals surface area contributed by atoms with Crippen LogP contribution in [0.5, 0.6) is 0 Å². The van der Waals surface area contributed by atoms with Gasteiger partial charge in [0.05, 0.1) is 0 Å². The van der Waals surface area contributed by atoms with Crippen molar-refractivity contribution < 1.29 is 0 Å². The minimum Gasteiger partial charge on any atom is -0.310 e. The monoisotopic (exact) mass is 309 g/mol. The van der Waals surface area contributed by atoms with Crippen molar-refractivity contribution in [3.63, 3.8) is 0 Å². The molecular formula is C16H24BrN. The SMILES string of the molecule is C=C(C)CC(NCCC)c1cc(C)c(Br)c(C)c1. The van der Waals surface area contributed by atoms with E-state index in [1.165, 1.54) is 26.7 Å². The molecule has 0 spiro atoms. The molecule has 0 aliphatic carbocycles. The van der Waals surface area contributed by atoms with Crippen molar-refractivity contribution in [2.24, 2.45) is 0 Å². The van der Waals surface area contributed by atoms with E-state index in [0.29, 0.717) is 6.04 Å². The third kappa shape index (κ3) is 4.25. The van der Waals surface area contributed by atoms with E-state index in [1.807, 2.05) is 0 Å². The van der Waals surface area contributed by atoms with Gasteiger partial charge in [0.1, 0.15) is 0 Å². The Balaban J connectivity index is 3.00. The molecule has 2 heteroatoms. The molecule has 0 bridgehead atoms. The highest BCUT2D eigenvalue weighted by Crippen LogP contribution is 2.28. The molecule has 1 nitrogen and oxygen atoms in total. The lowest BCUT2D eigenvalue weighted by atomic mass is 9.96. The summed E-state index contributed by atoms with van der Waals surface area (Å²) in [7, 11) is 0. The molecule has 1 N–H and O–H groups in total. The van der Waals surface area contributed by atoms with Crippen LogP contribution in [0.25, 0.3) is 0 Å². The topological polar surface area (TPSA) is 12.0 Å². The minimum atomic E-state index is 0.382. The number of hydrogen-bond acceptors (Lipinski definition) is 1. The summed E-state index contributed by atoms with van der Waals surface area (Å²) in [5.41, 5.74) is 5.19. The third-order valence-corrected chi connectivity index (χ3v) is 4.31. The second-order valence-electron chi connectivity index (χ2n) is 5.14. The lowest BCUT2D eigenvalue weighted by molar-refractivity contribution is 0.527. The Morgan fingerprint density at radius 1 is 1.33 bits per heavy atom. The predicted molar refractivity (Wildman–Crippen MR) is 84.1 cm³/mol. The molecule has 0 heterocycles. The molecule has 0 amide bonds. The van der Waals surface area contributed by atoms with Gasteiger partial charge in [-0.3, -0.25) is 0 Å². The van der Waals surface area contributed by atoms with Crippen LogP contribution in [0.2, 0.25) is 0 Å². The smallest absolute Gasteiger partial charge is 0.0357 e. The normalized spacial score (nSPS) is 12.5.